The van der Waals surface area contributed by atoms with Crippen molar-refractivity contribution in [2.24, 2.45) is 5.10 Å². The van der Waals surface area contributed by atoms with Gasteiger partial charge in [0.1, 0.15) is 5.25 Å². The Bertz CT molecular complexity index is 574. The van der Waals surface area contributed by atoms with Gasteiger partial charge < -0.3 is 0 Å². The van der Waals surface area contributed by atoms with Crippen LogP contribution in [0.25, 0.3) is 0 Å². The van der Waals surface area contributed by atoms with Gasteiger partial charge in [-0.15, -0.1) is 0 Å². The van der Waals surface area contributed by atoms with Crippen molar-refractivity contribution < 1.29 is 4.79 Å². The highest BCUT2D eigenvalue weighted by Gasteiger charge is 2.29. The van der Waals surface area contributed by atoms with E-state index in [1.165, 1.54) is 0 Å². The maximum absolute atomic E-state index is 11.3. The molecule has 0 spiro atoms. The molecule has 0 radical (unpaired) electrons. The predicted octanol–water partition coefficient (Wildman–Crippen LogP) is -1.58. The first-order chi connectivity index (χ1) is 7.58. The van der Waals surface area contributed by atoms with Crippen LogP contribution in [0.2, 0.25) is 0 Å². The molecule has 16 heavy (non-hydrogen) atoms. The summed E-state index contributed by atoms with van der Waals surface area (Å²) in [7, 11) is 0. The van der Waals surface area contributed by atoms with Crippen molar-refractivity contribution in [2.45, 2.75) is 17.2 Å². The van der Waals surface area contributed by atoms with E-state index in [-0.39, 0.29) is 10.9 Å². The minimum atomic E-state index is -0.685. The highest BCUT2D eigenvalue weighted by atomic mass is 32.2. The van der Waals surface area contributed by atoms with Crippen LogP contribution in [0.4, 0.5) is 0 Å². The Balaban J connectivity index is 2.28. The number of hydrazone groups is 1. The molecule has 0 bridgehead atoms. The number of nitrogens with one attached hydrogen (secondary N) is 3. The minimum absolute atomic E-state index is 0.0243. The first kappa shape index (κ1) is 10.6. The fourth-order valence-electron chi connectivity index (χ4n) is 1.12. The van der Waals surface area contributed by atoms with Crippen LogP contribution in [-0.2, 0) is 4.79 Å². The van der Waals surface area contributed by atoms with Crippen molar-refractivity contribution in [1.82, 2.24) is 20.6 Å². The summed E-state index contributed by atoms with van der Waals surface area (Å²) in [5.74, 6) is -0.310. The lowest BCUT2D eigenvalue weighted by atomic mass is 10.3. The van der Waals surface area contributed by atoms with E-state index >= 15 is 0 Å². The maximum atomic E-state index is 11.3. The van der Waals surface area contributed by atoms with Gasteiger partial charge in [0, 0.05) is 0 Å². The van der Waals surface area contributed by atoms with Crippen molar-refractivity contribution >= 4 is 23.4 Å². The Hall–Kier alpha value is -1.90. The van der Waals surface area contributed by atoms with Crippen molar-refractivity contribution in [3.63, 3.8) is 0 Å². The molecule has 0 saturated heterocycles. The smallest absolute Gasteiger partial charge is 0.271 e. The summed E-state index contributed by atoms with van der Waals surface area (Å²) in [6, 6.07) is 0. The number of carbonyl (C=O) groups is 1. The van der Waals surface area contributed by atoms with Gasteiger partial charge in [-0.1, -0.05) is 11.8 Å². The molecule has 1 aromatic rings. The Morgan fingerprint density at radius 1 is 1.31 bits per heavy atom. The number of carbonyl (C=O) groups excluding carboxylic acids is 1. The fourth-order valence-corrected chi connectivity index (χ4v) is 1.98. The number of amides is 1. The average molecular weight is 241 g/mol. The largest absolute Gasteiger partial charge is 0.342 e. The number of nitrogens with zero attached hydrogens (tertiary/aromatic N) is 2. The van der Waals surface area contributed by atoms with E-state index in [0.717, 1.165) is 11.8 Å². The maximum Gasteiger partial charge on any atom is 0.342 e. The molecule has 1 atom stereocenters. The van der Waals surface area contributed by atoms with Gasteiger partial charge in [0.15, 0.2) is 5.03 Å². The average Bonchev–Trinajstić information content (AvgIpc) is 2.53. The molecule has 0 aromatic carbocycles. The zero-order chi connectivity index (χ0) is 11.7. The number of rotatable bonds is 2. The van der Waals surface area contributed by atoms with Gasteiger partial charge in [0.2, 0.25) is 0 Å². The van der Waals surface area contributed by atoms with Crippen molar-refractivity contribution in [2.75, 3.05) is 0 Å². The van der Waals surface area contributed by atoms with E-state index < -0.39 is 16.5 Å². The van der Waals surface area contributed by atoms with Gasteiger partial charge >= 0.3 is 5.69 Å². The first-order valence-electron chi connectivity index (χ1n) is 4.27. The number of thioether (sulfide) groups is 1. The molecule has 1 aromatic heterocycles. The topological polar surface area (TPSA) is 120 Å². The Kier molecular flexibility index (Phi) is 2.60. The summed E-state index contributed by atoms with van der Waals surface area (Å²) >= 11 is 0.935. The summed E-state index contributed by atoms with van der Waals surface area (Å²) in [6.07, 6.45) is 0. The van der Waals surface area contributed by atoms with E-state index in [1.807, 2.05) is 4.98 Å². The second-order valence-electron chi connectivity index (χ2n) is 3.04. The van der Waals surface area contributed by atoms with Gasteiger partial charge in [-0.2, -0.15) is 10.2 Å². The molecule has 0 saturated carbocycles. The van der Waals surface area contributed by atoms with E-state index in [1.54, 1.807) is 6.92 Å². The van der Waals surface area contributed by atoms with E-state index in [9.17, 15) is 14.4 Å². The fraction of sp³-hybridized carbons (Fsp3) is 0.286. The number of aromatic nitrogens is 3. The Morgan fingerprint density at radius 3 is 2.62 bits per heavy atom. The second kappa shape index (κ2) is 3.93. The summed E-state index contributed by atoms with van der Waals surface area (Å²) in [5.41, 5.74) is 1.54. The Labute approximate surface area is 92.5 Å². The van der Waals surface area contributed by atoms with E-state index in [2.05, 4.69) is 20.7 Å². The van der Waals surface area contributed by atoms with Gasteiger partial charge in [0.25, 0.3) is 11.5 Å². The number of hydrogen-bond acceptors (Lipinski definition) is 6. The lowest BCUT2D eigenvalue weighted by molar-refractivity contribution is -0.118. The van der Waals surface area contributed by atoms with Gasteiger partial charge in [-0.3, -0.25) is 14.6 Å². The SMILES string of the molecule is CC1=NNC(=O)C1Sc1n[nH]c(=O)[nH]c1=O. The molecule has 1 amide bonds. The monoisotopic (exact) mass is 241 g/mol. The van der Waals surface area contributed by atoms with E-state index in [4.69, 9.17) is 0 Å². The van der Waals surface area contributed by atoms with Crippen molar-refractivity contribution in [3.05, 3.63) is 20.8 Å². The summed E-state index contributed by atoms with van der Waals surface area (Å²) in [6.45, 7) is 1.66. The van der Waals surface area contributed by atoms with Crippen LogP contribution in [0.3, 0.4) is 0 Å². The van der Waals surface area contributed by atoms with Crippen LogP contribution in [0.5, 0.6) is 0 Å². The molecule has 84 valence electrons. The van der Waals surface area contributed by atoms with Crippen LogP contribution in [0.1, 0.15) is 6.92 Å². The molecule has 1 aliphatic heterocycles. The Morgan fingerprint density at radius 2 is 2.06 bits per heavy atom. The zero-order valence-corrected chi connectivity index (χ0v) is 8.92. The van der Waals surface area contributed by atoms with Crippen LogP contribution in [0.15, 0.2) is 19.7 Å². The third-order valence-corrected chi connectivity index (χ3v) is 3.16. The summed E-state index contributed by atoms with van der Waals surface area (Å²) < 4.78 is 0. The molecule has 3 N–H and O–H groups in total. The molecular weight excluding hydrogens is 234 g/mol. The zero-order valence-electron chi connectivity index (χ0n) is 8.10. The molecule has 2 rings (SSSR count). The predicted molar refractivity (Wildman–Crippen MR) is 56.4 cm³/mol. The molecule has 0 fully saturated rings. The molecule has 1 unspecified atom stereocenters. The summed E-state index contributed by atoms with van der Waals surface area (Å²) in [5, 5.41) is 8.81. The second-order valence-corrected chi connectivity index (χ2v) is 4.13. The number of hydrogen-bond donors (Lipinski definition) is 3. The highest BCUT2D eigenvalue weighted by molar-refractivity contribution is 8.01. The normalized spacial score (nSPS) is 19.4. The van der Waals surface area contributed by atoms with Crippen LogP contribution in [-0.4, -0.2) is 32.1 Å². The molecule has 2 heterocycles. The highest BCUT2D eigenvalue weighted by Crippen LogP contribution is 2.21. The quantitative estimate of drug-likeness (QED) is 0.577. The molecular formula is C7H7N5O3S. The van der Waals surface area contributed by atoms with Crippen LogP contribution >= 0.6 is 11.8 Å². The van der Waals surface area contributed by atoms with Crippen LogP contribution < -0.4 is 16.7 Å². The van der Waals surface area contributed by atoms with E-state index in [0.29, 0.717) is 5.71 Å². The number of H-pyrrole nitrogens is 2. The van der Waals surface area contributed by atoms with Gasteiger partial charge in [0.05, 0.1) is 5.71 Å². The third kappa shape index (κ3) is 1.89. The van der Waals surface area contributed by atoms with Gasteiger partial charge in [-0.25, -0.2) is 15.3 Å². The molecule has 8 nitrogen and oxygen atoms in total. The first-order valence-corrected chi connectivity index (χ1v) is 5.15. The summed E-state index contributed by atoms with van der Waals surface area (Å²) in [4.78, 5) is 35.4. The third-order valence-electron chi connectivity index (χ3n) is 1.87. The molecule has 1 aliphatic rings. The lowest BCUT2D eigenvalue weighted by Gasteiger charge is -2.04. The lowest BCUT2D eigenvalue weighted by Crippen LogP contribution is -2.29. The minimum Gasteiger partial charge on any atom is -0.271 e. The van der Waals surface area contributed by atoms with Crippen molar-refractivity contribution in [3.8, 4) is 0 Å². The van der Waals surface area contributed by atoms with Gasteiger partial charge in [-0.05, 0) is 6.92 Å². The van der Waals surface area contributed by atoms with Crippen molar-refractivity contribution in [1.29, 1.82) is 0 Å². The standard InChI is InChI=1S/C7H7N5O3S/c1-2-3(4(13)10-9-2)16-6-5(14)8-7(15)12-11-6/h3H,1H3,(H,10,13)(H2,8,12,14,15). The molecule has 9 heteroatoms. The van der Waals surface area contributed by atoms with Crippen LogP contribution in [0, 0.1) is 0 Å². The number of aromatic amines is 2. The molecule has 0 aliphatic carbocycles.